The molecule has 2 aromatic carbocycles. The molecule has 1 aliphatic rings. The lowest BCUT2D eigenvalue weighted by Crippen LogP contribution is -2.42. The molecule has 0 saturated carbocycles. The minimum atomic E-state index is -3.74. The lowest BCUT2D eigenvalue weighted by Gasteiger charge is -2.31. The van der Waals surface area contributed by atoms with Gasteiger partial charge in [-0.1, -0.05) is 35.9 Å². The minimum absolute atomic E-state index is 0.0302. The highest BCUT2D eigenvalue weighted by atomic mass is 35.5. The van der Waals surface area contributed by atoms with Gasteiger partial charge < -0.3 is 4.90 Å². The Hall–Kier alpha value is -1.89. The fourth-order valence-electron chi connectivity index (χ4n) is 3.86. The molecular formula is C22H27ClN2O3S. The van der Waals surface area contributed by atoms with E-state index >= 15 is 0 Å². The van der Waals surface area contributed by atoms with Crippen LogP contribution in [0.5, 0.6) is 0 Å². The molecule has 1 aliphatic heterocycles. The van der Waals surface area contributed by atoms with E-state index in [1.807, 2.05) is 52.0 Å². The van der Waals surface area contributed by atoms with Crippen molar-refractivity contribution in [2.24, 2.45) is 0 Å². The molecule has 0 N–H and O–H groups in total. The largest absolute Gasteiger partial charge is 0.334 e. The van der Waals surface area contributed by atoms with Gasteiger partial charge in [-0.25, -0.2) is 8.42 Å². The van der Waals surface area contributed by atoms with E-state index in [4.69, 9.17) is 11.6 Å². The van der Waals surface area contributed by atoms with E-state index in [0.29, 0.717) is 19.5 Å². The van der Waals surface area contributed by atoms with Gasteiger partial charge in [0.05, 0.1) is 15.5 Å². The molecule has 0 aromatic heterocycles. The second-order valence-electron chi connectivity index (χ2n) is 7.90. The summed E-state index contributed by atoms with van der Waals surface area (Å²) in [4.78, 5) is 14.9. The first kappa shape index (κ1) is 21.8. The van der Waals surface area contributed by atoms with Gasteiger partial charge in [0, 0.05) is 25.2 Å². The number of amides is 1. The number of sulfonamides is 1. The zero-order chi connectivity index (χ0) is 21.3. The molecule has 5 nitrogen and oxygen atoms in total. The molecule has 0 radical (unpaired) electrons. The van der Waals surface area contributed by atoms with E-state index in [0.717, 1.165) is 5.56 Å². The standard InChI is InChI=1S/C22H27ClN2O3S/c1-15(2)25(16(3)4)22(26)20-13-19(9-10-21(20)23)29(27,28)24-12-11-17-7-5-6-8-18(17)14-24/h5-10,13,15-16H,11-12,14H2,1-4H3. The number of carbonyl (C=O) groups excluding carboxylic acids is 1. The van der Waals surface area contributed by atoms with Crippen LogP contribution in [0.25, 0.3) is 0 Å². The molecule has 0 atom stereocenters. The second-order valence-corrected chi connectivity index (χ2v) is 10.2. The summed E-state index contributed by atoms with van der Waals surface area (Å²) in [6, 6.07) is 12.2. The molecule has 0 spiro atoms. The van der Waals surface area contributed by atoms with Gasteiger partial charge in [-0.2, -0.15) is 4.31 Å². The smallest absolute Gasteiger partial charge is 0.255 e. The van der Waals surface area contributed by atoms with Crippen molar-refractivity contribution in [1.82, 2.24) is 9.21 Å². The number of fused-ring (bicyclic) bond motifs is 1. The minimum Gasteiger partial charge on any atom is -0.334 e. The van der Waals surface area contributed by atoms with Gasteiger partial charge in [-0.05, 0) is 63.4 Å². The first-order valence-corrected chi connectivity index (χ1v) is 11.6. The molecule has 29 heavy (non-hydrogen) atoms. The van der Waals surface area contributed by atoms with Crippen LogP contribution in [0.2, 0.25) is 5.02 Å². The van der Waals surface area contributed by atoms with E-state index in [2.05, 4.69) is 0 Å². The highest BCUT2D eigenvalue weighted by Gasteiger charge is 2.30. The van der Waals surface area contributed by atoms with Gasteiger partial charge in [0.1, 0.15) is 0 Å². The highest BCUT2D eigenvalue weighted by molar-refractivity contribution is 7.89. The summed E-state index contributed by atoms with van der Waals surface area (Å²) in [6.45, 7) is 8.45. The summed E-state index contributed by atoms with van der Waals surface area (Å²) < 4.78 is 28.0. The first-order chi connectivity index (χ1) is 13.6. The van der Waals surface area contributed by atoms with E-state index in [1.54, 1.807) is 4.90 Å². The topological polar surface area (TPSA) is 57.7 Å². The Kier molecular flexibility index (Phi) is 6.36. The number of nitrogens with zero attached hydrogens (tertiary/aromatic N) is 2. The Labute approximate surface area is 178 Å². The maximum absolute atomic E-state index is 13.3. The van der Waals surface area contributed by atoms with Crippen LogP contribution < -0.4 is 0 Å². The van der Waals surface area contributed by atoms with Gasteiger partial charge in [0.15, 0.2) is 0 Å². The van der Waals surface area contributed by atoms with Crippen LogP contribution in [0.3, 0.4) is 0 Å². The molecule has 0 bridgehead atoms. The van der Waals surface area contributed by atoms with Gasteiger partial charge in [0.2, 0.25) is 10.0 Å². The zero-order valence-corrected chi connectivity index (χ0v) is 18.8. The first-order valence-electron chi connectivity index (χ1n) is 9.82. The Morgan fingerprint density at radius 2 is 1.66 bits per heavy atom. The maximum atomic E-state index is 13.3. The molecule has 156 valence electrons. The van der Waals surface area contributed by atoms with Crippen LogP contribution in [0, 0.1) is 0 Å². The fourth-order valence-corrected chi connectivity index (χ4v) is 5.50. The SMILES string of the molecule is CC(C)N(C(=O)c1cc(S(=O)(=O)N2CCc3ccccc3C2)ccc1Cl)C(C)C. The van der Waals surface area contributed by atoms with Crippen LogP contribution in [-0.2, 0) is 23.0 Å². The molecular weight excluding hydrogens is 408 g/mol. The monoisotopic (exact) mass is 434 g/mol. The van der Waals surface area contributed by atoms with Crippen molar-refractivity contribution < 1.29 is 13.2 Å². The van der Waals surface area contributed by atoms with Crippen LogP contribution in [0.15, 0.2) is 47.4 Å². The van der Waals surface area contributed by atoms with Crippen molar-refractivity contribution >= 4 is 27.5 Å². The summed E-state index contributed by atoms with van der Waals surface area (Å²) in [6.07, 6.45) is 0.670. The second kappa shape index (κ2) is 8.46. The summed E-state index contributed by atoms with van der Waals surface area (Å²) in [5.41, 5.74) is 2.40. The summed E-state index contributed by atoms with van der Waals surface area (Å²) in [7, 11) is -3.74. The van der Waals surface area contributed by atoms with Crippen LogP contribution in [-0.4, -0.2) is 42.2 Å². The number of hydrogen-bond donors (Lipinski definition) is 0. The number of benzene rings is 2. The number of hydrogen-bond acceptors (Lipinski definition) is 3. The predicted octanol–water partition coefficient (Wildman–Crippen LogP) is 4.35. The summed E-state index contributed by atoms with van der Waals surface area (Å²) in [5.74, 6) is -0.263. The van der Waals surface area contributed by atoms with Crippen LogP contribution >= 0.6 is 11.6 Å². The van der Waals surface area contributed by atoms with Gasteiger partial charge in [-0.3, -0.25) is 4.79 Å². The average Bonchev–Trinajstić information content (AvgIpc) is 2.67. The summed E-state index contributed by atoms with van der Waals surface area (Å²) >= 11 is 6.29. The highest BCUT2D eigenvalue weighted by Crippen LogP contribution is 2.28. The Balaban J connectivity index is 1.96. The quantitative estimate of drug-likeness (QED) is 0.703. The summed E-state index contributed by atoms with van der Waals surface area (Å²) in [5, 5.41) is 0.254. The molecule has 0 aliphatic carbocycles. The molecule has 1 heterocycles. The van der Waals surface area contributed by atoms with Crippen LogP contribution in [0.4, 0.5) is 0 Å². The third kappa shape index (κ3) is 4.34. The Bertz CT molecular complexity index is 1010. The van der Waals surface area contributed by atoms with Gasteiger partial charge in [0.25, 0.3) is 5.91 Å². The Morgan fingerprint density at radius 3 is 2.28 bits per heavy atom. The van der Waals surface area contributed by atoms with E-state index < -0.39 is 10.0 Å². The molecule has 0 unspecified atom stereocenters. The zero-order valence-electron chi connectivity index (χ0n) is 17.2. The number of halogens is 1. The fraction of sp³-hybridized carbons (Fsp3) is 0.409. The van der Waals surface area contributed by atoms with Crippen molar-refractivity contribution in [3.8, 4) is 0 Å². The molecule has 7 heteroatoms. The number of rotatable bonds is 5. The van der Waals surface area contributed by atoms with Gasteiger partial charge >= 0.3 is 0 Å². The van der Waals surface area contributed by atoms with Crippen molar-refractivity contribution in [3.63, 3.8) is 0 Å². The van der Waals surface area contributed by atoms with Crippen LogP contribution in [0.1, 0.15) is 49.2 Å². The van der Waals surface area contributed by atoms with Crippen molar-refractivity contribution in [1.29, 1.82) is 0 Å². The average molecular weight is 435 g/mol. The normalized spacial score (nSPS) is 14.9. The lowest BCUT2D eigenvalue weighted by molar-refractivity contribution is 0.0643. The lowest BCUT2D eigenvalue weighted by atomic mass is 10.0. The third-order valence-electron chi connectivity index (χ3n) is 5.25. The van der Waals surface area contributed by atoms with Crippen molar-refractivity contribution in [3.05, 3.63) is 64.2 Å². The molecule has 1 amide bonds. The molecule has 2 aromatic rings. The van der Waals surface area contributed by atoms with Crippen molar-refractivity contribution in [2.75, 3.05) is 6.54 Å². The van der Waals surface area contributed by atoms with Gasteiger partial charge in [-0.15, -0.1) is 0 Å². The maximum Gasteiger partial charge on any atom is 0.255 e. The molecule has 0 fully saturated rings. The van der Waals surface area contributed by atoms with Crippen molar-refractivity contribution in [2.45, 2.75) is 57.6 Å². The number of carbonyl (C=O) groups is 1. The molecule has 3 rings (SSSR count). The van der Waals surface area contributed by atoms with E-state index in [9.17, 15) is 13.2 Å². The third-order valence-corrected chi connectivity index (χ3v) is 7.42. The Morgan fingerprint density at radius 1 is 1.03 bits per heavy atom. The molecule has 0 saturated heterocycles. The predicted molar refractivity (Wildman–Crippen MR) is 116 cm³/mol. The van der Waals surface area contributed by atoms with E-state index in [-0.39, 0.29) is 33.5 Å². The van der Waals surface area contributed by atoms with E-state index in [1.165, 1.54) is 28.1 Å².